The first kappa shape index (κ1) is 17.4. The fourth-order valence-corrected chi connectivity index (χ4v) is 2.16. The van der Waals surface area contributed by atoms with Gasteiger partial charge in [0.2, 0.25) is 5.91 Å². The number of amides is 1. The molecule has 1 aliphatic rings. The van der Waals surface area contributed by atoms with E-state index in [4.69, 9.17) is 18.9 Å². The van der Waals surface area contributed by atoms with Gasteiger partial charge in [-0.1, -0.05) is 0 Å². The number of hydrogen-bond acceptors (Lipinski definition) is 7. The van der Waals surface area contributed by atoms with Crippen molar-refractivity contribution in [2.75, 3.05) is 13.7 Å². The summed E-state index contributed by atoms with van der Waals surface area (Å²) in [5, 5.41) is 2.65. The molecule has 1 heterocycles. The van der Waals surface area contributed by atoms with E-state index in [1.54, 1.807) is 0 Å². The lowest BCUT2D eigenvalue weighted by Crippen LogP contribution is -2.59. The number of carbonyl (C=O) groups is 3. The van der Waals surface area contributed by atoms with E-state index in [9.17, 15) is 14.4 Å². The first-order valence-corrected chi connectivity index (χ1v) is 6.59. The summed E-state index contributed by atoms with van der Waals surface area (Å²) in [5.41, 5.74) is 0. The van der Waals surface area contributed by atoms with E-state index in [2.05, 4.69) is 5.32 Å². The van der Waals surface area contributed by atoms with E-state index < -0.39 is 36.5 Å². The second-order valence-corrected chi connectivity index (χ2v) is 4.77. The van der Waals surface area contributed by atoms with Crippen LogP contribution in [0.2, 0.25) is 0 Å². The number of carbonyl (C=O) groups excluding carboxylic acids is 3. The van der Waals surface area contributed by atoms with Gasteiger partial charge in [0.15, 0.2) is 6.29 Å². The standard InChI is InChI=1S/C13H21NO7/c1-7(15)14-12-11(20-9(3)17)5-10(6-19-8(2)16)21-13(12)18-4/h10-13H,5-6H2,1-4H3,(H,14,15)/t10-,11-,12+,13-/m0/s1. The van der Waals surface area contributed by atoms with Gasteiger partial charge in [-0.3, -0.25) is 14.4 Å². The molecule has 1 N–H and O–H groups in total. The molecule has 1 aliphatic heterocycles. The van der Waals surface area contributed by atoms with E-state index in [1.807, 2.05) is 0 Å². The van der Waals surface area contributed by atoms with Crippen molar-refractivity contribution in [2.24, 2.45) is 0 Å². The van der Waals surface area contributed by atoms with Crippen molar-refractivity contribution >= 4 is 17.8 Å². The molecule has 0 aromatic carbocycles. The van der Waals surface area contributed by atoms with Gasteiger partial charge >= 0.3 is 11.9 Å². The van der Waals surface area contributed by atoms with Gasteiger partial charge in [0.05, 0.1) is 6.10 Å². The molecule has 1 fully saturated rings. The van der Waals surface area contributed by atoms with Crippen LogP contribution in [-0.2, 0) is 33.3 Å². The van der Waals surface area contributed by atoms with Crippen molar-refractivity contribution < 1.29 is 33.3 Å². The maximum atomic E-state index is 11.3. The molecule has 1 amide bonds. The second kappa shape index (κ2) is 7.94. The quantitative estimate of drug-likeness (QED) is 0.699. The summed E-state index contributed by atoms with van der Waals surface area (Å²) in [6.45, 7) is 3.95. The molecule has 0 radical (unpaired) electrons. The summed E-state index contributed by atoms with van der Waals surface area (Å²) < 4.78 is 20.9. The van der Waals surface area contributed by atoms with Gasteiger partial charge in [-0.25, -0.2) is 0 Å². The third-order valence-electron chi connectivity index (χ3n) is 2.91. The molecule has 0 aromatic heterocycles. The predicted octanol–water partition coefficient (Wildman–Crippen LogP) is -0.253. The zero-order chi connectivity index (χ0) is 16.0. The van der Waals surface area contributed by atoms with Gasteiger partial charge in [0.1, 0.15) is 18.8 Å². The summed E-state index contributed by atoms with van der Waals surface area (Å²) in [7, 11) is 1.42. The van der Waals surface area contributed by atoms with Crippen LogP contribution in [0.1, 0.15) is 27.2 Å². The molecular weight excluding hydrogens is 282 g/mol. The first-order chi connectivity index (χ1) is 9.83. The maximum absolute atomic E-state index is 11.3. The Bertz CT molecular complexity index is 398. The van der Waals surface area contributed by atoms with Crippen molar-refractivity contribution in [3.63, 3.8) is 0 Å². The van der Waals surface area contributed by atoms with Gasteiger partial charge in [-0.2, -0.15) is 0 Å². The summed E-state index contributed by atoms with van der Waals surface area (Å²) in [6.07, 6.45) is -1.61. The Labute approximate surface area is 123 Å². The predicted molar refractivity (Wildman–Crippen MR) is 70.1 cm³/mol. The van der Waals surface area contributed by atoms with Crippen molar-refractivity contribution in [1.29, 1.82) is 0 Å². The lowest BCUT2D eigenvalue weighted by atomic mass is 10.00. The van der Waals surface area contributed by atoms with Crippen LogP contribution < -0.4 is 5.32 Å². The van der Waals surface area contributed by atoms with Crippen LogP contribution in [0.25, 0.3) is 0 Å². The lowest BCUT2D eigenvalue weighted by molar-refractivity contribution is -0.234. The molecular formula is C13H21NO7. The monoisotopic (exact) mass is 303 g/mol. The van der Waals surface area contributed by atoms with Crippen LogP contribution in [0, 0.1) is 0 Å². The fourth-order valence-electron chi connectivity index (χ4n) is 2.16. The zero-order valence-corrected chi connectivity index (χ0v) is 12.6. The molecule has 0 bridgehead atoms. The van der Waals surface area contributed by atoms with E-state index >= 15 is 0 Å². The number of methoxy groups -OCH3 is 1. The van der Waals surface area contributed by atoms with Crippen LogP contribution in [-0.4, -0.2) is 56.1 Å². The molecule has 8 nitrogen and oxygen atoms in total. The number of rotatable bonds is 5. The van der Waals surface area contributed by atoms with E-state index in [-0.39, 0.29) is 18.9 Å². The van der Waals surface area contributed by atoms with Crippen molar-refractivity contribution in [3.8, 4) is 0 Å². The molecule has 120 valence electrons. The van der Waals surface area contributed by atoms with Crippen molar-refractivity contribution in [2.45, 2.75) is 51.7 Å². The summed E-state index contributed by atoms with van der Waals surface area (Å²) >= 11 is 0. The average Bonchev–Trinajstić information content (AvgIpc) is 2.37. The molecule has 0 spiro atoms. The molecule has 0 aliphatic carbocycles. The highest BCUT2D eigenvalue weighted by Crippen LogP contribution is 2.24. The Morgan fingerprint density at radius 1 is 1.19 bits per heavy atom. The largest absolute Gasteiger partial charge is 0.463 e. The van der Waals surface area contributed by atoms with Crippen LogP contribution >= 0.6 is 0 Å². The minimum absolute atomic E-state index is 0.0275. The van der Waals surface area contributed by atoms with Gasteiger partial charge in [0, 0.05) is 34.3 Å². The van der Waals surface area contributed by atoms with E-state index in [0.717, 1.165) is 0 Å². The summed E-state index contributed by atoms with van der Waals surface area (Å²) in [6, 6.07) is -0.620. The van der Waals surface area contributed by atoms with Crippen LogP contribution in [0.15, 0.2) is 0 Å². The Kier molecular flexibility index (Phi) is 6.57. The minimum Gasteiger partial charge on any atom is -0.463 e. The van der Waals surface area contributed by atoms with Gasteiger partial charge in [-0.15, -0.1) is 0 Å². The molecule has 1 rings (SSSR count). The molecule has 1 saturated heterocycles. The van der Waals surface area contributed by atoms with Crippen molar-refractivity contribution in [3.05, 3.63) is 0 Å². The van der Waals surface area contributed by atoms with E-state index in [1.165, 1.54) is 27.9 Å². The fraction of sp³-hybridized carbons (Fsp3) is 0.769. The third-order valence-corrected chi connectivity index (χ3v) is 2.91. The summed E-state index contributed by atoms with van der Waals surface area (Å²) in [5.74, 6) is -1.19. The third kappa shape index (κ3) is 5.68. The summed E-state index contributed by atoms with van der Waals surface area (Å²) in [4.78, 5) is 33.3. The van der Waals surface area contributed by atoms with Gasteiger partial charge in [0.25, 0.3) is 0 Å². The van der Waals surface area contributed by atoms with Gasteiger partial charge in [-0.05, 0) is 0 Å². The van der Waals surface area contributed by atoms with E-state index in [0.29, 0.717) is 0 Å². The molecule has 0 aromatic rings. The second-order valence-electron chi connectivity index (χ2n) is 4.77. The average molecular weight is 303 g/mol. The maximum Gasteiger partial charge on any atom is 0.302 e. The Morgan fingerprint density at radius 2 is 1.86 bits per heavy atom. The smallest absolute Gasteiger partial charge is 0.302 e. The number of nitrogens with one attached hydrogen (secondary N) is 1. The Morgan fingerprint density at radius 3 is 2.33 bits per heavy atom. The highest BCUT2D eigenvalue weighted by molar-refractivity contribution is 5.73. The Hall–Kier alpha value is -1.67. The van der Waals surface area contributed by atoms with Crippen LogP contribution in [0.3, 0.4) is 0 Å². The topological polar surface area (TPSA) is 100 Å². The van der Waals surface area contributed by atoms with Crippen LogP contribution in [0.5, 0.6) is 0 Å². The molecule has 0 unspecified atom stereocenters. The molecule has 0 saturated carbocycles. The lowest BCUT2D eigenvalue weighted by Gasteiger charge is -2.40. The molecule has 21 heavy (non-hydrogen) atoms. The number of hydrogen-bond donors (Lipinski definition) is 1. The number of ether oxygens (including phenoxy) is 4. The zero-order valence-electron chi connectivity index (χ0n) is 12.6. The number of esters is 2. The molecule has 4 atom stereocenters. The highest BCUT2D eigenvalue weighted by atomic mass is 16.7. The Balaban J connectivity index is 2.80. The minimum atomic E-state index is -0.799. The SMILES string of the molecule is CO[C@H]1O[C@H](COC(C)=O)C[C@H](OC(C)=O)[C@H]1NC(C)=O. The highest BCUT2D eigenvalue weighted by Gasteiger charge is 2.41. The first-order valence-electron chi connectivity index (χ1n) is 6.59. The van der Waals surface area contributed by atoms with Crippen LogP contribution in [0.4, 0.5) is 0 Å². The van der Waals surface area contributed by atoms with Crippen molar-refractivity contribution in [1.82, 2.24) is 5.32 Å². The normalized spacial score (nSPS) is 28.6. The van der Waals surface area contributed by atoms with Gasteiger partial charge < -0.3 is 24.3 Å². The molecule has 8 heteroatoms.